The Morgan fingerprint density at radius 2 is 2.00 bits per heavy atom. The lowest BCUT2D eigenvalue weighted by atomic mass is 10.3. The highest BCUT2D eigenvalue weighted by Gasteiger charge is 2.12. The summed E-state index contributed by atoms with van der Waals surface area (Å²) in [7, 11) is 0. The number of para-hydroxylation sites is 2. The van der Waals surface area contributed by atoms with Crippen molar-refractivity contribution in [1.82, 2.24) is 0 Å². The van der Waals surface area contributed by atoms with Crippen LogP contribution < -0.4 is 4.74 Å². The van der Waals surface area contributed by atoms with E-state index in [1.165, 1.54) is 6.07 Å². The lowest BCUT2D eigenvalue weighted by molar-refractivity contribution is -0.385. The lowest BCUT2D eigenvalue weighted by Crippen LogP contribution is -2.08. The summed E-state index contributed by atoms with van der Waals surface area (Å²) in [6.07, 6.45) is 0. The van der Waals surface area contributed by atoms with E-state index in [9.17, 15) is 10.1 Å². The Morgan fingerprint density at radius 1 is 1.25 bits per heavy atom. The van der Waals surface area contributed by atoms with Crippen LogP contribution >= 0.6 is 15.9 Å². The van der Waals surface area contributed by atoms with Gasteiger partial charge in [0.2, 0.25) is 0 Å². The molecule has 0 saturated carbocycles. The van der Waals surface area contributed by atoms with Crippen molar-refractivity contribution >= 4 is 21.6 Å². The van der Waals surface area contributed by atoms with Crippen molar-refractivity contribution in [3.05, 3.63) is 34.4 Å². The molecule has 0 aliphatic heterocycles. The number of hydrogen-bond acceptors (Lipinski definition) is 4. The first kappa shape index (κ1) is 12.9. The van der Waals surface area contributed by atoms with Gasteiger partial charge in [-0.2, -0.15) is 0 Å². The van der Waals surface area contributed by atoms with Crippen molar-refractivity contribution in [3.8, 4) is 5.75 Å². The van der Waals surface area contributed by atoms with Crippen LogP contribution in [0.3, 0.4) is 0 Å². The molecule has 0 aromatic heterocycles. The van der Waals surface area contributed by atoms with Gasteiger partial charge in [-0.05, 0) is 6.07 Å². The second-order valence-corrected chi connectivity index (χ2v) is 3.67. The summed E-state index contributed by atoms with van der Waals surface area (Å²) < 4.78 is 10.4. The molecular weight excluding hydrogens is 278 g/mol. The first-order valence-corrected chi connectivity index (χ1v) is 5.87. The highest BCUT2D eigenvalue weighted by molar-refractivity contribution is 9.09. The average molecular weight is 290 g/mol. The number of hydrogen-bond donors (Lipinski definition) is 0. The molecule has 0 aliphatic rings. The minimum absolute atomic E-state index is 0.0250. The van der Waals surface area contributed by atoms with E-state index in [0.717, 1.165) is 5.33 Å². The second kappa shape index (κ2) is 7.19. The minimum Gasteiger partial charge on any atom is -0.484 e. The lowest BCUT2D eigenvalue weighted by Gasteiger charge is -2.06. The van der Waals surface area contributed by atoms with E-state index in [1.54, 1.807) is 18.2 Å². The van der Waals surface area contributed by atoms with Crippen LogP contribution in [0.5, 0.6) is 5.75 Å². The largest absolute Gasteiger partial charge is 0.484 e. The number of alkyl halides is 1. The molecule has 0 N–H and O–H groups in total. The van der Waals surface area contributed by atoms with Gasteiger partial charge in [-0.25, -0.2) is 0 Å². The molecule has 0 aliphatic carbocycles. The van der Waals surface area contributed by atoms with Gasteiger partial charge in [0, 0.05) is 11.4 Å². The molecule has 0 amide bonds. The number of nitro benzene ring substituents is 1. The summed E-state index contributed by atoms with van der Waals surface area (Å²) in [6, 6.07) is 6.28. The quantitative estimate of drug-likeness (QED) is 0.335. The fourth-order valence-corrected chi connectivity index (χ4v) is 1.33. The van der Waals surface area contributed by atoms with Crippen LogP contribution in [0, 0.1) is 10.1 Å². The summed E-state index contributed by atoms with van der Waals surface area (Å²) in [4.78, 5) is 10.2. The average Bonchev–Trinajstić information content (AvgIpc) is 2.29. The number of ether oxygens (including phenoxy) is 2. The van der Waals surface area contributed by atoms with E-state index in [2.05, 4.69) is 15.9 Å². The summed E-state index contributed by atoms with van der Waals surface area (Å²) in [5, 5.41) is 11.4. The number of halogens is 1. The van der Waals surface area contributed by atoms with Crippen molar-refractivity contribution in [2.24, 2.45) is 0 Å². The van der Waals surface area contributed by atoms with Gasteiger partial charge in [-0.3, -0.25) is 10.1 Å². The molecule has 0 fully saturated rings. The molecule has 0 spiro atoms. The summed E-state index contributed by atoms with van der Waals surface area (Å²) in [6.45, 7) is 1.32. The van der Waals surface area contributed by atoms with Crippen molar-refractivity contribution < 1.29 is 14.4 Å². The summed E-state index contributed by atoms with van der Waals surface area (Å²) in [5.41, 5.74) is -0.0250. The molecule has 0 unspecified atom stereocenters. The highest BCUT2D eigenvalue weighted by Crippen LogP contribution is 2.25. The first-order chi connectivity index (χ1) is 7.75. The smallest absolute Gasteiger partial charge is 0.310 e. The zero-order chi connectivity index (χ0) is 11.8. The summed E-state index contributed by atoms with van der Waals surface area (Å²) >= 11 is 3.22. The van der Waals surface area contributed by atoms with Gasteiger partial charge in [0.15, 0.2) is 5.75 Å². The van der Waals surface area contributed by atoms with E-state index < -0.39 is 4.92 Å². The van der Waals surface area contributed by atoms with E-state index >= 15 is 0 Å². The van der Waals surface area contributed by atoms with Crippen molar-refractivity contribution in [1.29, 1.82) is 0 Å². The SMILES string of the molecule is O=[N+]([O-])c1ccccc1OCCOCCBr. The summed E-state index contributed by atoms with van der Waals surface area (Å²) in [5.74, 6) is 0.273. The second-order valence-electron chi connectivity index (χ2n) is 2.87. The van der Waals surface area contributed by atoms with Crippen LogP contribution in [0.4, 0.5) is 5.69 Å². The Bertz CT molecular complexity index is 345. The van der Waals surface area contributed by atoms with E-state index in [4.69, 9.17) is 9.47 Å². The predicted molar refractivity (Wildman–Crippen MR) is 63.2 cm³/mol. The van der Waals surface area contributed by atoms with Gasteiger partial charge in [0.1, 0.15) is 6.61 Å². The predicted octanol–water partition coefficient (Wildman–Crippen LogP) is 2.39. The fourth-order valence-electron chi connectivity index (χ4n) is 1.10. The van der Waals surface area contributed by atoms with Gasteiger partial charge in [0.05, 0.1) is 18.1 Å². The van der Waals surface area contributed by atoms with Gasteiger partial charge in [0.25, 0.3) is 0 Å². The Balaban J connectivity index is 2.44. The molecule has 1 aromatic rings. The third-order valence-corrected chi connectivity index (χ3v) is 2.09. The maximum atomic E-state index is 10.6. The Hall–Kier alpha value is -1.14. The Kier molecular flexibility index (Phi) is 5.81. The fraction of sp³-hybridized carbons (Fsp3) is 0.400. The standard InChI is InChI=1S/C10H12BrNO4/c11-5-6-15-7-8-16-10-4-2-1-3-9(10)12(13)14/h1-4H,5-8H2. The van der Waals surface area contributed by atoms with Gasteiger partial charge in [-0.1, -0.05) is 28.1 Å². The molecular formula is C10H12BrNO4. The molecule has 6 heteroatoms. The van der Waals surface area contributed by atoms with Gasteiger partial charge < -0.3 is 9.47 Å². The third-order valence-electron chi connectivity index (χ3n) is 1.77. The minimum atomic E-state index is -0.464. The molecule has 0 bridgehead atoms. The van der Waals surface area contributed by atoms with Gasteiger partial charge in [-0.15, -0.1) is 0 Å². The first-order valence-electron chi connectivity index (χ1n) is 4.75. The maximum absolute atomic E-state index is 10.6. The normalized spacial score (nSPS) is 10.1. The Labute approximate surface area is 102 Å². The molecule has 88 valence electrons. The molecule has 1 aromatic carbocycles. The van der Waals surface area contributed by atoms with Crippen LogP contribution in [0.2, 0.25) is 0 Å². The molecule has 0 heterocycles. The van der Waals surface area contributed by atoms with Crippen molar-refractivity contribution in [2.45, 2.75) is 0 Å². The van der Waals surface area contributed by atoms with E-state index in [1.807, 2.05) is 0 Å². The maximum Gasteiger partial charge on any atom is 0.310 e. The molecule has 0 atom stereocenters. The zero-order valence-electron chi connectivity index (χ0n) is 8.60. The number of nitrogens with zero attached hydrogens (tertiary/aromatic N) is 1. The van der Waals surface area contributed by atoms with Gasteiger partial charge >= 0.3 is 5.69 Å². The third kappa shape index (κ3) is 4.16. The monoisotopic (exact) mass is 289 g/mol. The molecule has 1 rings (SSSR count). The zero-order valence-corrected chi connectivity index (χ0v) is 10.2. The van der Waals surface area contributed by atoms with E-state index in [-0.39, 0.29) is 11.4 Å². The van der Waals surface area contributed by atoms with Crippen LogP contribution in [0.25, 0.3) is 0 Å². The topological polar surface area (TPSA) is 61.6 Å². The van der Waals surface area contributed by atoms with E-state index in [0.29, 0.717) is 19.8 Å². The number of rotatable bonds is 7. The molecule has 0 saturated heterocycles. The number of nitro groups is 1. The van der Waals surface area contributed by atoms with Crippen molar-refractivity contribution in [3.63, 3.8) is 0 Å². The molecule has 0 radical (unpaired) electrons. The number of benzene rings is 1. The molecule has 16 heavy (non-hydrogen) atoms. The van der Waals surface area contributed by atoms with Crippen molar-refractivity contribution in [2.75, 3.05) is 25.2 Å². The van der Waals surface area contributed by atoms with Crippen LogP contribution in [-0.2, 0) is 4.74 Å². The van der Waals surface area contributed by atoms with Crippen LogP contribution in [-0.4, -0.2) is 30.1 Å². The Morgan fingerprint density at radius 3 is 2.69 bits per heavy atom. The highest BCUT2D eigenvalue weighted by atomic mass is 79.9. The van der Waals surface area contributed by atoms with Crippen LogP contribution in [0.15, 0.2) is 24.3 Å². The molecule has 5 nitrogen and oxygen atoms in total. The van der Waals surface area contributed by atoms with Crippen LogP contribution in [0.1, 0.15) is 0 Å².